The van der Waals surface area contributed by atoms with Gasteiger partial charge in [0.25, 0.3) is 5.91 Å². The molecule has 0 aromatic heterocycles. The second kappa shape index (κ2) is 7.23. The zero-order chi connectivity index (χ0) is 17.9. The molecule has 1 aromatic carbocycles. The minimum atomic E-state index is -0.938. The largest absolute Gasteiger partial charge is 0.481 e. The molecule has 0 unspecified atom stereocenters. The van der Waals surface area contributed by atoms with Crippen molar-refractivity contribution in [1.82, 2.24) is 5.32 Å². The number of hydrogen-bond donors (Lipinski definition) is 3. The highest BCUT2D eigenvalue weighted by atomic mass is 16.5. The first-order chi connectivity index (χ1) is 12.0. The van der Waals surface area contributed by atoms with E-state index in [4.69, 9.17) is 4.74 Å². The summed E-state index contributed by atoms with van der Waals surface area (Å²) < 4.78 is 5.31. The molecule has 2 amide bonds. The van der Waals surface area contributed by atoms with Crippen molar-refractivity contribution in [2.75, 3.05) is 18.5 Å². The summed E-state index contributed by atoms with van der Waals surface area (Å²) in [4.78, 5) is 35.5. The Labute approximate surface area is 145 Å². The predicted octanol–water partition coefficient (Wildman–Crippen LogP) is 1.72. The molecule has 25 heavy (non-hydrogen) atoms. The fourth-order valence-corrected chi connectivity index (χ4v) is 3.43. The van der Waals surface area contributed by atoms with Crippen LogP contribution in [-0.2, 0) is 20.7 Å². The summed E-state index contributed by atoms with van der Waals surface area (Å²) in [6.07, 6.45) is 2.77. The normalized spacial score (nSPS) is 19.3. The number of aliphatic carboxylic acids is 1. The standard InChI is InChI=1S/C18H22N2O5/c21-15-3-1-2-12-10-13(4-5-14(12)19-15)17(24)20-18(11-16(22)23)6-8-25-9-7-18/h4-5,10H,1-3,6-9,11H2,(H,19,21)(H,20,24)(H,22,23). The molecule has 0 aliphatic carbocycles. The number of fused-ring (bicyclic) bond motifs is 1. The van der Waals surface area contributed by atoms with Crippen molar-refractivity contribution in [3.63, 3.8) is 0 Å². The van der Waals surface area contributed by atoms with Crippen molar-refractivity contribution >= 4 is 23.5 Å². The van der Waals surface area contributed by atoms with Crippen LogP contribution in [0.3, 0.4) is 0 Å². The third-order valence-electron chi connectivity index (χ3n) is 4.81. The topological polar surface area (TPSA) is 105 Å². The maximum Gasteiger partial charge on any atom is 0.305 e. The number of benzene rings is 1. The highest BCUT2D eigenvalue weighted by Gasteiger charge is 2.36. The molecule has 7 nitrogen and oxygen atoms in total. The highest BCUT2D eigenvalue weighted by Crippen LogP contribution is 2.27. The quantitative estimate of drug-likeness (QED) is 0.770. The molecule has 2 aliphatic rings. The summed E-state index contributed by atoms with van der Waals surface area (Å²) in [6.45, 7) is 0.869. The van der Waals surface area contributed by atoms with E-state index in [9.17, 15) is 19.5 Å². The molecule has 0 spiro atoms. The summed E-state index contributed by atoms with van der Waals surface area (Å²) in [5.41, 5.74) is 1.37. The minimum Gasteiger partial charge on any atom is -0.481 e. The predicted molar refractivity (Wildman–Crippen MR) is 90.5 cm³/mol. The van der Waals surface area contributed by atoms with Gasteiger partial charge in [-0.05, 0) is 49.4 Å². The van der Waals surface area contributed by atoms with E-state index in [2.05, 4.69) is 10.6 Å². The Balaban J connectivity index is 1.79. The van der Waals surface area contributed by atoms with Crippen molar-refractivity contribution in [1.29, 1.82) is 0 Å². The van der Waals surface area contributed by atoms with Crippen molar-refractivity contribution < 1.29 is 24.2 Å². The zero-order valence-electron chi connectivity index (χ0n) is 14.0. The van der Waals surface area contributed by atoms with Gasteiger partial charge in [-0.1, -0.05) is 0 Å². The Hall–Kier alpha value is -2.41. The van der Waals surface area contributed by atoms with Crippen molar-refractivity contribution in [2.24, 2.45) is 0 Å². The summed E-state index contributed by atoms with van der Waals surface area (Å²) >= 11 is 0. The maximum absolute atomic E-state index is 12.7. The second-order valence-electron chi connectivity index (χ2n) is 6.69. The smallest absolute Gasteiger partial charge is 0.305 e. The molecule has 7 heteroatoms. The summed E-state index contributed by atoms with van der Waals surface area (Å²) in [5.74, 6) is -1.24. The van der Waals surface area contributed by atoms with Gasteiger partial charge in [0.15, 0.2) is 0 Å². The van der Waals surface area contributed by atoms with Crippen LogP contribution in [0.5, 0.6) is 0 Å². The number of aryl methyl sites for hydroxylation is 1. The van der Waals surface area contributed by atoms with Crippen LogP contribution in [0.15, 0.2) is 18.2 Å². The molecule has 0 bridgehead atoms. The van der Waals surface area contributed by atoms with Gasteiger partial charge in [0, 0.05) is 30.9 Å². The van der Waals surface area contributed by atoms with Gasteiger partial charge >= 0.3 is 5.97 Å². The highest BCUT2D eigenvalue weighted by molar-refractivity contribution is 5.97. The average Bonchev–Trinajstić information content (AvgIpc) is 2.74. The lowest BCUT2D eigenvalue weighted by molar-refractivity contribution is -0.139. The van der Waals surface area contributed by atoms with E-state index in [1.54, 1.807) is 18.2 Å². The van der Waals surface area contributed by atoms with Crippen LogP contribution < -0.4 is 10.6 Å². The lowest BCUT2D eigenvalue weighted by atomic mass is 9.86. The number of ether oxygens (including phenoxy) is 1. The fourth-order valence-electron chi connectivity index (χ4n) is 3.43. The summed E-state index contributed by atoms with van der Waals surface area (Å²) in [6, 6.07) is 5.18. The molecule has 1 fully saturated rings. The third kappa shape index (κ3) is 4.17. The number of nitrogens with one attached hydrogen (secondary N) is 2. The first-order valence-corrected chi connectivity index (χ1v) is 8.52. The van der Waals surface area contributed by atoms with Crippen LogP contribution in [0.4, 0.5) is 5.69 Å². The van der Waals surface area contributed by atoms with Crippen LogP contribution >= 0.6 is 0 Å². The Morgan fingerprint density at radius 1 is 1.24 bits per heavy atom. The molecular formula is C18H22N2O5. The number of amides is 2. The van der Waals surface area contributed by atoms with Crippen LogP contribution in [0.2, 0.25) is 0 Å². The summed E-state index contributed by atoms with van der Waals surface area (Å²) in [5, 5.41) is 15.0. The Morgan fingerprint density at radius 3 is 2.72 bits per heavy atom. The Kier molecular flexibility index (Phi) is 5.03. The van der Waals surface area contributed by atoms with Crippen LogP contribution in [0, 0.1) is 0 Å². The fraction of sp³-hybridized carbons (Fsp3) is 0.500. The maximum atomic E-state index is 12.7. The Bertz CT molecular complexity index is 695. The second-order valence-corrected chi connectivity index (χ2v) is 6.69. The number of rotatable bonds is 4. The molecule has 2 heterocycles. The molecule has 134 valence electrons. The number of carboxylic acids is 1. The monoisotopic (exact) mass is 346 g/mol. The van der Waals surface area contributed by atoms with Gasteiger partial charge in [-0.15, -0.1) is 0 Å². The summed E-state index contributed by atoms with van der Waals surface area (Å²) in [7, 11) is 0. The first kappa shape index (κ1) is 17.4. The number of carboxylic acid groups (broad SMARTS) is 1. The number of hydrogen-bond acceptors (Lipinski definition) is 4. The van der Waals surface area contributed by atoms with Crippen molar-refractivity contribution in [3.8, 4) is 0 Å². The van der Waals surface area contributed by atoms with E-state index in [-0.39, 0.29) is 18.2 Å². The van der Waals surface area contributed by atoms with Gasteiger partial charge < -0.3 is 20.5 Å². The van der Waals surface area contributed by atoms with Gasteiger partial charge in [0.1, 0.15) is 0 Å². The van der Waals surface area contributed by atoms with Gasteiger partial charge in [-0.2, -0.15) is 0 Å². The number of carbonyl (C=O) groups is 3. The van der Waals surface area contributed by atoms with E-state index in [1.807, 2.05) is 0 Å². The van der Waals surface area contributed by atoms with Crippen LogP contribution in [0.25, 0.3) is 0 Å². The van der Waals surface area contributed by atoms with E-state index < -0.39 is 11.5 Å². The zero-order valence-corrected chi connectivity index (χ0v) is 14.0. The van der Waals surface area contributed by atoms with E-state index in [1.165, 1.54) is 0 Å². The third-order valence-corrected chi connectivity index (χ3v) is 4.81. The lowest BCUT2D eigenvalue weighted by Crippen LogP contribution is -2.53. The van der Waals surface area contributed by atoms with Crippen molar-refractivity contribution in [3.05, 3.63) is 29.3 Å². The van der Waals surface area contributed by atoms with Crippen LogP contribution in [-0.4, -0.2) is 41.6 Å². The first-order valence-electron chi connectivity index (χ1n) is 8.52. The number of anilines is 1. The average molecular weight is 346 g/mol. The molecule has 1 saturated heterocycles. The molecule has 0 atom stereocenters. The number of carbonyl (C=O) groups excluding carboxylic acids is 2. The molecule has 0 saturated carbocycles. The van der Waals surface area contributed by atoms with Crippen molar-refractivity contribution in [2.45, 2.75) is 44.1 Å². The van der Waals surface area contributed by atoms with E-state index in [0.717, 1.165) is 24.1 Å². The Morgan fingerprint density at radius 2 is 2.00 bits per heavy atom. The van der Waals surface area contributed by atoms with Gasteiger partial charge in [-0.3, -0.25) is 14.4 Å². The van der Waals surface area contributed by atoms with Gasteiger partial charge in [0.2, 0.25) is 5.91 Å². The SMILES string of the molecule is O=C(O)CC1(NC(=O)c2ccc3c(c2)CCCC(=O)N3)CCOCC1. The van der Waals surface area contributed by atoms with E-state index in [0.29, 0.717) is 38.0 Å². The molecular weight excluding hydrogens is 324 g/mol. The van der Waals surface area contributed by atoms with Crippen LogP contribution in [0.1, 0.15) is 48.0 Å². The molecule has 1 aromatic rings. The molecule has 0 radical (unpaired) electrons. The molecule has 2 aliphatic heterocycles. The van der Waals surface area contributed by atoms with E-state index >= 15 is 0 Å². The van der Waals surface area contributed by atoms with Gasteiger partial charge in [-0.25, -0.2) is 0 Å². The minimum absolute atomic E-state index is 0.0152. The molecule has 3 rings (SSSR count). The molecule has 3 N–H and O–H groups in total. The van der Waals surface area contributed by atoms with Gasteiger partial charge in [0.05, 0.1) is 12.0 Å². The lowest BCUT2D eigenvalue weighted by Gasteiger charge is -2.36.